The summed E-state index contributed by atoms with van der Waals surface area (Å²) in [5.74, 6) is 0.668. The molecule has 1 aromatic carbocycles. The number of aromatic nitrogens is 1. The van der Waals surface area contributed by atoms with Gasteiger partial charge in [-0.15, -0.1) is 0 Å². The number of carbonyl (C=O) groups is 1. The summed E-state index contributed by atoms with van der Waals surface area (Å²) in [5.41, 5.74) is 2.44. The van der Waals surface area contributed by atoms with Gasteiger partial charge in [-0.25, -0.2) is 0 Å². The number of carbonyl (C=O) groups excluding carboxylic acids is 1. The third-order valence-corrected chi connectivity index (χ3v) is 5.73. The molecule has 1 atom stereocenters. The molecule has 0 bridgehead atoms. The van der Waals surface area contributed by atoms with Crippen LogP contribution in [0.25, 0.3) is 0 Å². The molecule has 1 amide bonds. The molecule has 4 nitrogen and oxygen atoms in total. The lowest BCUT2D eigenvalue weighted by Gasteiger charge is -2.43. The first-order valence-corrected chi connectivity index (χ1v) is 9.24. The highest BCUT2D eigenvalue weighted by Gasteiger charge is 2.40. The number of hydrogen-bond donors (Lipinski definition) is 1. The molecular weight excluding hydrogens is 310 g/mol. The molecule has 1 saturated heterocycles. The first kappa shape index (κ1) is 16.3. The quantitative estimate of drug-likeness (QED) is 0.913. The first-order chi connectivity index (χ1) is 12.3. The Hall–Kier alpha value is -2.20. The second kappa shape index (κ2) is 6.96. The number of nitrogens with zero attached hydrogens (tertiary/aromatic N) is 2. The van der Waals surface area contributed by atoms with Gasteiger partial charge in [0.05, 0.1) is 12.1 Å². The Morgan fingerprint density at radius 2 is 1.92 bits per heavy atom. The summed E-state index contributed by atoms with van der Waals surface area (Å²) in [6.45, 7) is 2.44. The number of rotatable bonds is 5. The summed E-state index contributed by atoms with van der Waals surface area (Å²) in [5, 5.41) is 3.34. The molecule has 1 aliphatic heterocycles. The van der Waals surface area contributed by atoms with Gasteiger partial charge in [0.1, 0.15) is 0 Å². The molecule has 4 rings (SSSR count). The molecule has 130 valence electrons. The number of nitrogens with one attached hydrogen (secondary N) is 1. The zero-order valence-electron chi connectivity index (χ0n) is 14.5. The second-order valence-electron chi connectivity index (χ2n) is 7.35. The highest BCUT2D eigenvalue weighted by atomic mass is 16.2. The van der Waals surface area contributed by atoms with Crippen LogP contribution in [0.1, 0.15) is 42.7 Å². The van der Waals surface area contributed by atoms with E-state index in [4.69, 9.17) is 0 Å². The number of likely N-dealkylation sites (tertiary alicyclic amines) is 1. The van der Waals surface area contributed by atoms with E-state index in [9.17, 15) is 4.79 Å². The van der Waals surface area contributed by atoms with E-state index in [0.717, 1.165) is 32.4 Å². The van der Waals surface area contributed by atoms with E-state index in [-0.39, 0.29) is 11.4 Å². The monoisotopic (exact) mass is 335 g/mol. The minimum Gasteiger partial charge on any atom is -0.345 e. The van der Waals surface area contributed by atoms with Crippen molar-refractivity contribution in [2.45, 2.75) is 37.1 Å². The molecule has 2 heterocycles. The maximum Gasteiger partial charge on any atom is 0.234 e. The van der Waals surface area contributed by atoms with Crippen molar-refractivity contribution >= 4 is 5.91 Å². The molecule has 1 aromatic heterocycles. The molecule has 2 fully saturated rings. The minimum absolute atomic E-state index is 0.136. The van der Waals surface area contributed by atoms with Crippen LogP contribution in [-0.4, -0.2) is 35.4 Å². The average Bonchev–Trinajstić information content (AvgIpc) is 3.08. The molecule has 4 heteroatoms. The summed E-state index contributed by atoms with van der Waals surface area (Å²) in [6.07, 6.45) is 8.09. The van der Waals surface area contributed by atoms with Gasteiger partial charge in [0.15, 0.2) is 0 Å². The van der Waals surface area contributed by atoms with Crippen molar-refractivity contribution in [3.8, 4) is 0 Å². The fourth-order valence-electron chi connectivity index (χ4n) is 4.17. The number of amides is 1. The van der Waals surface area contributed by atoms with Crippen LogP contribution >= 0.6 is 0 Å². The fourth-order valence-corrected chi connectivity index (χ4v) is 4.17. The van der Waals surface area contributed by atoms with Gasteiger partial charge in [-0.2, -0.15) is 0 Å². The van der Waals surface area contributed by atoms with E-state index in [1.807, 2.05) is 18.5 Å². The lowest BCUT2D eigenvalue weighted by molar-refractivity contribution is -0.125. The van der Waals surface area contributed by atoms with E-state index < -0.39 is 0 Å². The van der Waals surface area contributed by atoms with Crippen molar-refractivity contribution in [2.24, 2.45) is 0 Å². The molecule has 1 N–H and O–H groups in total. The maximum absolute atomic E-state index is 12.7. The van der Waals surface area contributed by atoms with Crippen LogP contribution in [0.5, 0.6) is 0 Å². The number of hydrogen-bond acceptors (Lipinski definition) is 3. The summed E-state index contributed by atoms with van der Waals surface area (Å²) < 4.78 is 0. The Balaban J connectivity index is 1.35. The van der Waals surface area contributed by atoms with E-state index in [1.165, 1.54) is 17.5 Å². The molecule has 1 saturated carbocycles. The van der Waals surface area contributed by atoms with Crippen LogP contribution in [0.3, 0.4) is 0 Å². The van der Waals surface area contributed by atoms with Crippen LogP contribution in [0.15, 0.2) is 54.9 Å². The van der Waals surface area contributed by atoms with Crippen LogP contribution in [0.2, 0.25) is 0 Å². The van der Waals surface area contributed by atoms with Crippen LogP contribution in [-0.2, 0) is 10.3 Å². The molecule has 25 heavy (non-hydrogen) atoms. The van der Waals surface area contributed by atoms with Crippen molar-refractivity contribution < 1.29 is 4.79 Å². The Bertz CT molecular complexity index is 712. The highest BCUT2D eigenvalue weighted by Crippen LogP contribution is 2.41. The second-order valence-corrected chi connectivity index (χ2v) is 7.35. The van der Waals surface area contributed by atoms with E-state index >= 15 is 0 Å². The molecule has 2 aromatic rings. The van der Waals surface area contributed by atoms with Crippen LogP contribution < -0.4 is 5.32 Å². The molecule has 1 aliphatic carbocycles. The SMILES string of the molecule is O=C(CN1CCC(c2ccncc2)C1)NC1(c2ccccc2)CCC1. The Kier molecular flexibility index (Phi) is 4.53. The topological polar surface area (TPSA) is 45.2 Å². The van der Waals surface area contributed by atoms with Gasteiger partial charge in [0.25, 0.3) is 0 Å². The summed E-state index contributed by atoms with van der Waals surface area (Å²) in [6, 6.07) is 14.6. The van der Waals surface area contributed by atoms with Gasteiger partial charge in [-0.1, -0.05) is 30.3 Å². The van der Waals surface area contributed by atoms with Crippen molar-refractivity contribution in [2.75, 3.05) is 19.6 Å². The Morgan fingerprint density at radius 3 is 2.60 bits per heavy atom. The van der Waals surface area contributed by atoms with Crippen molar-refractivity contribution in [3.63, 3.8) is 0 Å². The molecule has 1 unspecified atom stereocenters. The zero-order chi connectivity index (χ0) is 17.1. The lowest BCUT2D eigenvalue weighted by Crippen LogP contribution is -2.53. The van der Waals surface area contributed by atoms with Crippen LogP contribution in [0, 0.1) is 0 Å². The van der Waals surface area contributed by atoms with E-state index in [1.54, 1.807) is 0 Å². The van der Waals surface area contributed by atoms with Gasteiger partial charge < -0.3 is 5.32 Å². The zero-order valence-corrected chi connectivity index (χ0v) is 14.5. The third-order valence-electron chi connectivity index (χ3n) is 5.73. The smallest absolute Gasteiger partial charge is 0.234 e. The average molecular weight is 335 g/mol. The molecular formula is C21H25N3O. The maximum atomic E-state index is 12.7. The van der Waals surface area contributed by atoms with Gasteiger partial charge in [-0.3, -0.25) is 14.7 Å². The fraction of sp³-hybridized carbons (Fsp3) is 0.429. The summed E-state index contributed by atoms with van der Waals surface area (Å²) in [4.78, 5) is 19.0. The Labute approximate surface area is 149 Å². The highest BCUT2D eigenvalue weighted by molar-refractivity contribution is 5.79. The molecule has 0 spiro atoms. The van der Waals surface area contributed by atoms with Crippen molar-refractivity contribution in [1.82, 2.24) is 15.2 Å². The van der Waals surface area contributed by atoms with Crippen molar-refractivity contribution in [1.29, 1.82) is 0 Å². The summed E-state index contributed by atoms with van der Waals surface area (Å²) in [7, 11) is 0. The van der Waals surface area contributed by atoms with Gasteiger partial charge in [-0.05, 0) is 61.4 Å². The predicted molar refractivity (Wildman–Crippen MR) is 98.1 cm³/mol. The number of benzene rings is 1. The first-order valence-electron chi connectivity index (χ1n) is 9.24. The van der Waals surface area contributed by atoms with Crippen molar-refractivity contribution in [3.05, 3.63) is 66.0 Å². The lowest BCUT2D eigenvalue weighted by atomic mass is 9.72. The largest absolute Gasteiger partial charge is 0.345 e. The van der Waals surface area contributed by atoms with Crippen LogP contribution in [0.4, 0.5) is 0 Å². The van der Waals surface area contributed by atoms with Gasteiger partial charge >= 0.3 is 0 Å². The van der Waals surface area contributed by atoms with Gasteiger partial charge in [0, 0.05) is 18.9 Å². The number of pyridine rings is 1. The minimum atomic E-state index is -0.136. The third kappa shape index (κ3) is 3.45. The normalized spacial score (nSPS) is 22.3. The van der Waals surface area contributed by atoms with Gasteiger partial charge in [0.2, 0.25) is 5.91 Å². The molecule has 2 aliphatic rings. The standard InChI is InChI=1S/C21H25N3O/c25-20(23-21(10-4-11-21)19-5-2-1-3-6-19)16-24-14-9-18(15-24)17-7-12-22-13-8-17/h1-3,5-8,12-13,18H,4,9-11,14-16H2,(H,23,25). The predicted octanol–water partition coefficient (Wildman–Crippen LogP) is 3.07. The van der Waals surface area contributed by atoms with E-state index in [2.05, 4.69) is 51.6 Å². The molecule has 0 radical (unpaired) electrons. The Morgan fingerprint density at radius 1 is 1.16 bits per heavy atom. The summed E-state index contributed by atoms with van der Waals surface area (Å²) >= 11 is 0. The van der Waals surface area contributed by atoms with E-state index in [0.29, 0.717) is 12.5 Å².